The van der Waals surface area contributed by atoms with Crippen LogP contribution in [0.5, 0.6) is 0 Å². The van der Waals surface area contributed by atoms with Crippen molar-refractivity contribution in [1.82, 2.24) is 30.1 Å². The maximum Gasteiger partial charge on any atom is 0.255 e. The van der Waals surface area contributed by atoms with Crippen LogP contribution in [0.25, 0.3) is 22.4 Å². The Labute approximate surface area is 336 Å². The number of amides is 3. The number of benzene rings is 2. The van der Waals surface area contributed by atoms with Gasteiger partial charge in [-0.05, 0) is 124 Å². The molecule has 1 aliphatic carbocycles. The number of aromatic nitrogens is 3. The molecule has 4 fully saturated rings. The van der Waals surface area contributed by atoms with Gasteiger partial charge in [-0.25, -0.2) is 18.7 Å². The number of piperidine rings is 3. The Hall–Kier alpha value is -5.50. The first-order valence-electron chi connectivity index (χ1n) is 20.6. The summed E-state index contributed by atoms with van der Waals surface area (Å²) in [4.78, 5) is 65.4. The number of nitrogens with one attached hydrogen (secondary N) is 4. The molecule has 4 aliphatic rings. The van der Waals surface area contributed by atoms with E-state index >= 15 is 4.39 Å². The molecule has 58 heavy (non-hydrogen) atoms. The van der Waals surface area contributed by atoms with Crippen molar-refractivity contribution in [1.29, 1.82) is 0 Å². The van der Waals surface area contributed by atoms with Crippen LogP contribution < -0.4 is 21.5 Å². The zero-order chi connectivity index (χ0) is 40.2. The van der Waals surface area contributed by atoms with E-state index < -0.39 is 11.9 Å². The van der Waals surface area contributed by atoms with Crippen molar-refractivity contribution in [3.63, 3.8) is 0 Å². The van der Waals surface area contributed by atoms with E-state index in [-0.39, 0.29) is 59.1 Å². The third kappa shape index (κ3) is 9.12. The Morgan fingerprint density at radius 1 is 0.810 bits per heavy atom. The van der Waals surface area contributed by atoms with Gasteiger partial charge in [0.15, 0.2) is 5.82 Å². The molecular formula is C44H50F2N8O4. The van der Waals surface area contributed by atoms with Crippen molar-refractivity contribution >= 4 is 29.4 Å². The van der Waals surface area contributed by atoms with E-state index in [9.17, 15) is 23.6 Å². The number of hydrogen-bond acceptors (Lipinski definition) is 9. The Morgan fingerprint density at radius 2 is 1.59 bits per heavy atom. The Balaban J connectivity index is 0.761. The minimum Gasteiger partial charge on any atom is -0.374 e. The molecule has 3 aliphatic heterocycles. The number of aromatic amines is 1. The van der Waals surface area contributed by atoms with Gasteiger partial charge in [0.2, 0.25) is 23.7 Å². The van der Waals surface area contributed by atoms with E-state index in [0.717, 1.165) is 84.1 Å². The fraction of sp³-hybridized carbons (Fsp3) is 0.455. The summed E-state index contributed by atoms with van der Waals surface area (Å²) in [6.07, 6.45) is 10.2. The van der Waals surface area contributed by atoms with Crippen LogP contribution in [-0.4, -0.2) is 87.3 Å². The van der Waals surface area contributed by atoms with Gasteiger partial charge in [-0.1, -0.05) is 24.3 Å². The number of rotatable bonds is 10. The quantitative estimate of drug-likeness (QED) is 0.140. The zero-order valence-electron chi connectivity index (χ0n) is 32.5. The maximum absolute atomic E-state index is 15.2. The van der Waals surface area contributed by atoms with Crippen molar-refractivity contribution in [3.8, 4) is 22.4 Å². The van der Waals surface area contributed by atoms with Gasteiger partial charge >= 0.3 is 0 Å². The predicted molar refractivity (Wildman–Crippen MR) is 217 cm³/mol. The largest absolute Gasteiger partial charge is 0.374 e. The molecule has 0 radical (unpaired) electrons. The van der Waals surface area contributed by atoms with Gasteiger partial charge in [0.05, 0.1) is 6.20 Å². The molecule has 14 heteroatoms. The lowest BCUT2D eigenvalue weighted by molar-refractivity contribution is -0.138. The first kappa shape index (κ1) is 39.3. The van der Waals surface area contributed by atoms with Crippen LogP contribution in [0.2, 0.25) is 0 Å². The highest BCUT2D eigenvalue weighted by molar-refractivity contribution is 6.01. The number of anilines is 2. The topological polar surface area (TPSA) is 152 Å². The molecule has 3 amide bonds. The fourth-order valence-electron chi connectivity index (χ4n) is 9.16. The molecule has 3 saturated heterocycles. The molecule has 2 aromatic heterocycles. The molecule has 4 N–H and O–H groups in total. The average molecular weight is 793 g/mol. The van der Waals surface area contributed by atoms with E-state index in [1.54, 1.807) is 42.6 Å². The number of carbonyl (C=O) groups excluding carboxylic acids is 3. The molecule has 0 spiro atoms. The second kappa shape index (κ2) is 17.6. The second-order valence-corrected chi connectivity index (χ2v) is 16.3. The summed E-state index contributed by atoms with van der Waals surface area (Å²) < 4.78 is 30.2. The van der Waals surface area contributed by atoms with Gasteiger partial charge in [0, 0.05) is 61.0 Å². The third-order valence-electron chi connectivity index (χ3n) is 12.5. The van der Waals surface area contributed by atoms with Crippen LogP contribution in [0, 0.1) is 23.5 Å². The molecule has 1 atom stereocenters. The molecule has 12 nitrogen and oxygen atoms in total. The van der Waals surface area contributed by atoms with E-state index in [4.69, 9.17) is 0 Å². The second-order valence-electron chi connectivity index (χ2n) is 16.3. The van der Waals surface area contributed by atoms with E-state index in [1.165, 1.54) is 12.3 Å². The summed E-state index contributed by atoms with van der Waals surface area (Å²) >= 11 is 0. The molecule has 5 heterocycles. The Morgan fingerprint density at radius 3 is 2.33 bits per heavy atom. The average Bonchev–Trinajstić information content (AvgIpc) is 3.23. The van der Waals surface area contributed by atoms with Crippen molar-refractivity contribution in [2.45, 2.75) is 82.2 Å². The predicted octanol–water partition coefficient (Wildman–Crippen LogP) is 6.08. The van der Waals surface area contributed by atoms with Gasteiger partial charge in [-0.2, -0.15) is 0 Å². The number of nitrogens with zero attached hydrogens (tertiary/aromatic N) is 4. The van der Waals surface area contributed by atoms with Crippen LogP contribution in [0.15, 0.2) is 71.8 Å². The molecule has 304 valence electrons. The first-order chi connectivity index (χ1) is 28.2. The number of H-pyrrole nitrogens is 1. The van der Waals surface area contributed by atoms with Gasteiger partial charge in [0.25, 0.3) is 5.56 Å². The van der Waals surface area contributed by atoms with Crippen molar-refractivity contribution in [2.24, 2.45) is 11.8 Å². The molecule has 8 rings (SSSR count). The van der Waals surface area contributed by atoms with Gasteiger partial charge in [-0.15, -0.1) is 0 Å². The summed E-state index contributed by atoms with van der Waals surface area (Å²) in [7, 11) is 0. The molecule has 2 aromatic carbocycles. The number of hydrogen-bond donors (Lipinski definition) is 4. The number of likely N-dealkylation sites (tertiary alicyclic amines) is 2. The van der Waals surface area contributed by atoms with Crippen LogP contribution in [0.1, 0.15) is 75.7 Å². The zero-order valence-corrected chi connectivity index (χ0v) is 32.5. The smallest absolute Gasteiger partial charge is 0.255 e. The first-order valence-corrected chi connectivity index (χ1v) is 20.6. The van der Waals surface area contributed by atoms with Crippen molar-refractivity contribution in [3.05, 3.63) is 94.5 Å². The summed E-state index contributed by atoms with van der Waals surface area (Å²) in [5.74, 6) is -0.232. The third-order valence-corrected chi connectivity index (χ3v) is 12.5. The van der Waals surface area contributed by atoms with Crippen molar-refractivity contribution < 1.29 is 23.2 Å². The monoisotopic (exact) mass is 792 g/mol. The van der Waals surface area contributed by atoms with Crippen LogP contribution in [0.4, 0.5) is 20.4 Å². The lowest BCUT2D eigenvalue weighted by atomic mass is 9.84. The Kier molecular flexibility index (Phi) is 11.9. The molecule has 0 bridgehead atoms. The minimum atomic E-state index is -0.550. The number of halogens is 2. The van der Waals surface area contributed by atoms with Crippen LogP contribution >= 0.6 is 0 Å². The SMILES string of the molecule is O=C1CC[C@H](Nc2ccc(C3CCN(CC4CCN(C(=O)[C@H]5CC[C@H](Nc6ncc(F)c(-c7cccc(-c8ccc[nH]c8=O)c7)n6)CC5)CC4)CC3)c(F)c2)C(=O)N1. The normalized spacial score (nSPS) is 22.4. The van der Waals surface area contributed by atoms with Crippen LogP contribution in [0.3, 0.4) is 0 Å². The maximum atomic E-state index is 15.2. The summed E-state index contributed by atoms with van der Waals surface area (Å²) in [5.41, 5.74) is 2.89. The van der Waals surface area contributed by atoms with Crippen LogP contribution in [-0.2, 0) is 14.4 Å². The van der Waals surface area contributed by atoms with E-state index in [0.29, 0.717) is 46.2 Å². The number of carbonyl (C=O) groups is 3. The highest BCUT2D eigenvalue weighted by Crippen LogP contribution is 2.34. The fourth-order valence-corrected chi connectivity index (χ4v) is 9.16. The van der Waals surface area contributed by atoms with E-state index in [1.807, 2.05) is 12.1 Å². The molecular weight excluding hydrogens is 743 g/mol. The standard InChI is InChI=1S/C44H50F2N8O4/c45-36-24-33(49-38-12-13-39(55)51-42(38)57)10-11-34(36)28-16-19-53(20-17-28)26-27-14-21-54(22-15-27)43(58)29-6-8-32(9-7-29)50-44-48-25-37(46)40(52-44)31-4-1-3-30(23-31)35-5-2-18-47-41(35)56/h1-5,10-11,18,23-25,27-29,32,38,49H,6-9,12-17,19-22,26H2,(H,47,56)(H,48,50,52)(H,51,55,57)/t29-,32-,38-/m0/s1. The lowest BCUT2D eigenvalue weighted by Crippen LogP contribution is -2.47. The molecule has 0 unspecified atom stereocenters. The highest BCUT2D eigenvalue weighted by atomic mass is 19.1. The van der Waals surface area contributed by atoms with E-state index in [2.05, 4.69) is 40.7 Å². The summed E-state index contributed by atoms with van der Waals surface area (Å²) in [6.45, 7) is 4.35. The lowest BCUT2D eigenvalue weighted by Gasteiger charge is -2.39. The van der Waals surface area contributed by atoms with Gasteiger partial charge in [0.1, 0.15) is 17.6 Å². The highest BCUT2D eigenvalue weighted by Gasteiger charge is 2.33. The summed E-state index contributed by atoms with van der Waals surface area (Å²) in [5, 5.41) is 8.77. The molecule has 1 saturated carbocycles. The van der Waals surface area contributed by atoms with Gasteiger partial charge < -0.3 is 25.4 Å². The summed E-state index contributed by atoms with van der Waals surface area (Å²) in [6, 6.07) is 15.2. The van der Waals surface area contributed by atoms with Crippen molar-refractivity contribution in [2.75, 3.05) is 43.4 Å². The Bertz CT molecular complexity index is 2190. The van der Waals surface area contributed by atoms with Gasteiger partial charge in [-0.3, -0.25) is 24.5 Å². The number of imide groups is 1. The number of pyridine rings is 1. The minimum absolute atomic E-state index is 0.00937. The molecule has 4 aromatic rings.